The van der Waals surface area contributed by atoms with Crippen molar-refractivity contribution in [3.63, 3.8) is 0 Å². The molecular formula is C11H20N6O3. The van der Waals surface area contributed by atoms with Crippen molar-refractivity contribution in [3.05, 3.63) is 5.82 Å². The monoisotopic (exact) mass is 284 g/mol. The lowest BCUT2D eigenvalue weighted by Gasteiger charge is -2.38. The number of nitrogens with one attached hydrogen (secondary N) is 3. The van der Waals surface area contributed by atoms with E-state index >= 15 is 0 Å². The summed E-state index contributed by atoms with van der Waals surface area (Å²) in [4.78, 5) is 23.2. The third kappa shape index (κ3) is 3.22. The van der Waals surface area contributed by atoms with Gasteiger partial charge in [-0.25, -0.2) is 4.79 Å². The highest BCUT2D eigenvalue weighted by atomic mass is 16.4. The zero-order valence-corrected chi connectivity index (χ0v) is 12.2. The highest BCUT2D eigenvalue weighted by Crippen LogP contribution is 2.30. The molecule has 1 heterocycles. The van der Waals surface area contributed by atoms with E-state index in [-0.39, 0.29) is 0 Å². The molecule has 1 atom stereocenters. The number of hydrogen-bond acceptors (Lipinski definition) is 5. The number of rotatable bonds is 5. The standard InChI is InChI=1S/C11H20N6O3/c1-6(7-14-16-17-15-7)12-9(20)13-11(4,5)10(2,3)8(18)19/h6H,1-5H3,(H,18,19)(H2,12,13,20)(H,14,15,16,17). The molecule has 20 heavy (non-hydrogen) atoms. The van der Waals surface area contributed by atoms with Gasteiger partial charge in [-0.3, -0.25) is 4.79 Å². The minimum absolute atomic E-state index is 0.343. The van der Waals surface area contributed by atoms with Crippen LogP contribution in [-0.4, -0.2) is 43.3 Å². The molecule has 1 unspecified atom stereocenters. The molecule has 112 valence electrons. The fraction of sp³-hybridized carbons (Fsp3) is 0.727. The number of carbonyl (C=O) groups is 2. The van der Waals surface area contributed by atoms with E-state index in [2.05, 4.69) is 31.3 Å². The summed E-state index contributed by atoms with van der Waals surface area (Å²) in [6.45, 7) is 8.11. The van der Waals surface area contributed by atoms with Gasteiger partial charge in [0, 0.05) is 0 Å². The number of tetrazole rings is 1. The quantitative estimate of drug-likeness (QED) is 0.620. The van der Waals surface area contributed by atoms with Crippen LogP contribution in [0.1, 0.15) is 46.5 Å². The topological polar surface area (TPSA) is 133 Å². The Morgan fingerprint density at radius 1 is 1.30 bits per heavy atom. The van der Waals surface area contributed by atoms with Crippen LogP contribution in [0.5, 0.6) is 0 Å². The van der Waals surface area contributed by atoms with Crippen LogP contribution in [0, 0.1) is 5.41 Å². The van der Waals surface area contributed by atoms with Gasteiger partial charge < -0.3 is 15.7 Å². The Bertz CT molecular complexity index is 482. The number of aliphatic carboxylic acids is 1. The van der Waals surface area contributed by atoms with Crippen molar-refractivity contribution < 1.29 is 14.7 Å². The summed E-state index contributed by atoms with van der Waals surface area (Å²) < 4.78 is 0. The first kappa shape index (κ1) is 15.9. The molecule has 9 nitrogen and oxygen atoms in total. The molecule has 1 aromatic rings. The Balaban J connectivity index is 2.68. The van der Waals surface area contributed by atoms with Crippen molar-refractivity contribution in [1.29, 1.82) is 0 Å². The van der Waals surface area contributed by atoms with E-state index in [1.807, 2.05) is 0 Å². The molecule has 0 aliphatic carbocycles. The van der Waals surface area contributed by atoms with Gasteiger partial charge in [0.05, 0.1) is 17.0 Å². The summed E-state index contributed by atoms with van der Waals surface area (Å²) in [6.07, 6.45) is 0. The Hall–Kier alpha value is -2.19. The molecule has 1 rings (SSSR count). The maximum atomic E-state index is 11.9. The summed E-state index contributed by atoms with van der Waals surface area (Å²) in [5.74, 6) is -0.649. The molecule has 2 amide bonds. The summed E-state index contributed by atoms with van der Waals surface area (Å²) in [5.41, 5.74) is -2.07. The number of hydrogen-bond donors (Lipinski definition) is 4. The average molecular weight is 284 g/mol. The normalized spacial score (nSPS) is 13.7. The highest BCUT2D eigenvalue weighted by molar-refractivity contribution is 5.79. The van der Waals surface area contributed by atoms with Crippen LogP contribution >= 0.6 is 0 Å². The van der Waals surface area contributed by atoms with E-state index in [0.29, 0.717) is 5.82 Å². The molecule has 1 aromatic heterocycles. The molecule has 0 fully saturated rings. The van der Waals surface area contributed by atoms with Gasteiger partial charge in [-0.1, -0.05) is 5.21 Å². The third-order valence-corrected chi connectivity index (χ3v) is 3.62. The average Bonchev–Trinajstić information content (AvgIpc) is 2.80. The fourth-order valence-electron chi connectivity index (χ4n) is 1.36. The molecule has 0 radical (unpaired) electrons. The molecule has 0 aromatic carbocycles. The number of carbonyl (C=O) groups excluding carboxylic acids is 1. The number of carboxylic acids is 1. The van der Waals surface area contributed by atoms with E-state index in [1.165, 1.54) is 0 Å². The molecule has 0 aliphatic rings. The van der Waals surface area contributed by atoms with E-state index in [1.54, 1.807) is 34.6 Å². The maximum Gasteiger partial charge on any atom is 0.315 e. The SMILES string of the molecule is CC(NC(=O)NC(C)(C)C(C)(C)C(=O)O)c1nn[nH]n1. The second kappa shape index (κ2) is 5.43. The first-order valence-corrected chi connectivity index (χ1v) is 6.13. The number of aromatic nitrogens is 4. The van der Waals surface area contributed by atoms with Gasteiger partial charge in [-0.05, 0) is 34.6 Å². The first-order valence-electron chi connectivity index (χ1n) is 6.13. The maximum absolute atomic E-state index is 11.9. The first-order chi connectivity index (χ1) is 9.08. The largest absolute Gasteiger partial charge is 0.481 e. The van der Waals surface area contributed by atoms with Crippen molar-refractivity contribution >= 4 is 12.0 Å². The van der Waals surface area contributed by atoms with E-state index in [0.717, 1.165) is 0 Å². The van der Waals surface area contributed by atoms with Gasteiger partial charge in [0.2, 0.25) is 0 Å². The molecule has 0 saturated carbocycles. The van der Waals surface area contributed by atoms with Gasteiger partial charge in [0.25, 0.3) is 0 Å². The molecule has 0 spiro atoms. The molecule has 9 heteroatoms. The van der Waals surface area contributed by atoms with Gasteiger partial charge in [0.15, 0.2) is 5.82 Å². The fourth-order valence-corrected chi connectivity index (χ4v) is 1.36. The second-order valence-corrected chi connectivity index (χ2v) is 5.65. The minimum atomic E-state index is -1.13. The number of carboxylic acid groups (broad SMARTS) is 1. The Morgan fingerprint density at radius 3 is 2.35 bits per heavy atom. The molecule has 0 bridgehead atoms. The number of nitrogens with zero attached hydrogens (tertiary/aromatic N) is 3. The minimum Gasteiger partial charge on any atom is -0.481 e. The summed E-state index contributed by atoms with van der Waals surface area (Å²) in [7, 11) is 0. The lowest BCUT2D eigenvalue weighted by molar-refractivity contribution is -0.150. The van der Waals surface area contributed by atoms with E-state index in [9.17, 15) is 14.7 Å². The van der Waals surface area contributed by atoms with Crippen LogP contribution in [0.25, 0.3) is 0 Å². The van der Waals surface area contributed by atoms with Gasteiger partial charge in [0.1, 0.15) is 0 Å². The van der Waals surface area contributed by atoms with Crippen LogP contribution in [-0.2, 0) is 4.79 Å². The van der Waals surface area contributed by atoms with Crippen LogP contribution in [0.3, 0.4) is 0 Å². The van der Waals surface area contributed by atoms with Crippen LogP contribution in [0.4, 0.5) is 4.79 Å². The Labute approximate surface area is 116 Å². The van der Waals surface area contributed by atoms with Gasteiger partial charge in [-0.15, -0.1) is 10.2 Å². The summed E-state index contributed by atoms with van der Waals surface area (Å²) in [5, 5.41) is 27.7. The van der Waals surface area contributed by atoms with Gasteiger partial charge in [-0.2, -0.15) is 5.21 Å². The number of aromatic amines is 1. The summed E-state index contributed by atoms with van der Waals surface area (Å²) >= 11 is 0. The molecular weight excluding hydrogens is 264 g/mol. The lowest BCUT2D eigenvalue weighted by Crippen LogP contribution is -2.59. The second-order valence-electron chi connectivity index (χ2n) is 5.65. The van der Waals surface area contributed by atoms with Crippen molar-refractivity contribution in [2.75, 3.05) is 0 Å². The van der Waals surface area contributed by atoms with Crippen molar-refractivity contribution in [2.45, 2.75) is 46.2 Å². The lowest BCUT2D eigenvalue weighted by atomic mass is 9.74. The predicted molar refractivity (Wildman–Crippen MR) is 69.8 cm³/mol. The third-order valence-electron chi connectivity index (χ3n) is 3.62. The Kier molecular flexibility index (Phi) is 4.31. The van der Waals surface area contributed by atoms with Gasteiger partial charge >= 0.3 is 12.0 Å². The van der Waals surface area contributed by atoms with Crippen molar-refractivity contribution in [2.24, 2.45) is 5.41 Å². The number of H-pyrrole nitrogens is 1. The van der Waals surface area contributed by atoms with Crippen LogP contribution < -0.4 is 10.6 Å². The highest BCUT2D eigenvalue weighted by Gasteiger charge is 2.44. The van der Waals surface area contributed by atoms with E-state index in [4.69, 9.17) is 0 Å². The van der Waals surface area contributed by atoms with Crippen LogP contribution in [0.2, 0.25) is 0 Å². The van der Waals surface area contributed by atoms with Crippen LogP contribution in [0.15, 0.2) is 0 Å². The number of urea groups is 1. The number of amides is 2. The molecule has 0 saturated heterocycles. The zero-order valence-electron chi connectivity index (χ0n) is 12.2. The Morgan fingerprint density at radius 2 is 1.90 bits per heavy atom. The predicted octanol–water partition coefficient (Wildman–Crippen LogP) is 0.449. The molecule has 0 aliphatic heterocycles. The molecule has 4 N–H and O–H groups in total. The van der Waals surface area contributed by atoms with Crippen molar-refractivity contribution in [3.8, 4) is 0 Å². The van der Waals surface area contributed by atoms with Crippen molar-refractivity contribution in [1.82, 2.24) is 31.3 Å². The smallest absolute Gasteiger partial charge is 0.315 e. The van der Waals surface area contributed by atoms with E-state index < -0.39 is 29.0 Å². The zero-order chi connectivity index (χ0) is 15.6. The summed E-state index contributed by atoms with van der Waals surface area (Å²) in [6, 6.07) is -0.945.